The summed E-state index contributed by atoms with van der Waals surface area (Å²) in [6.45, 7) is 0. The van der Waals surface area contributed by atoms with Gasteiger partial charge >= 0.3 is 0 Å². The van der Waals surface area contributed by atoms with E-state index in [1.807, 2.05) is 24.3 Å². The highest BCUT2D eigenvalue weighted by molar-refractivity contribution is 6.03. The van der Waals surface area contributed by atoms with Crippen molar-refractivity contribution in [3.63, 3.8) is 0 Å². The summed E-state index contributed by atoms with van der Waals surface area (Å²) in [5.41, 5.74) is 3.10. The van der Waals surface area contributed by atoms with Gasteiger partial charge in [-0.1, -0.05) is 37.1 Å². The molecule has 2 heterocycles. The maximum Gasteiger partial charge on any atom is 0.228 e. The zero-order valence-corrected chi connectivity index (χ0v) is 16.6. The molecule has 0 spiro atoms. The minimum absolute atomic E-state index is 0.0160. The average Bonchev–Trinajstić information content (AvgIpc) is 3.43. The second-order valence-electron chi connectivity index (χ2n) is 7.54. The van der Waals surface area contributed by atoms with Gasteiger partial charge in [0.05, 0.1) is 17.6 Å². The van der Waals surface area contributed by atoms with Crippen LogP contribution in [0.3, 0.4) is 0 Å². The third-order valence-corrected chi connectivity index (χ3v) is 5.72. The van der Waals surface area contributed by atoms with Crippen LogP contribution in [0.4, 0.5) is 5.69 Å². The number of nitrogens with zero attached hydrogens (tertiary/aromatic N) is 4. The molecule has 8 heteroatoms. The van der Waals surface area contributed by atoms with E-state index in [9.17, 15) is 14.9 Å². The number of benzene rings is 1. The Morgan fingerprint density at radius 3 is 2.57 bits per heavy atom. The molecule has 1 fully saturated rings. The molecule has 1 amide bonds. The number of aryl methyl sites for hydroxylation is 1. The molecule has 0 unspecified atom stereocenters. The zero-order valence-electron chi connectivity index (χ0n) is 16.6. The second-order valence-corrected chi connectivity index (χ2v) is 7.54. The van der Waals surface area contributed by atoms with Gasteiger partial charge in [0.1, 0.15) is 6.07 Å². The number of hydrogen-bond donors (Lipinski definition) is 2. The van der Waals surface area contributed by atoms with Crippen LogP contribution < -0.4 is 5.32 Å². The first-order valence-corrected chi connectivity index (χ1v) is 9.95. The summed E-state index contributed by atoms with van der Waals surface area (Å²) in [7, 11) is 1.65. The van der Waals surface area contributed by atoms with Crippen LogP contribution in [0, 0.1) is 23.2 Å². The van der Waals surface area contributed by atoms with Crippen molar-refractivity contribution in [2.24, 2.45) is 18.9 Å². The van der Waals surface area contributed by atoms with Crippen molar-refractivity contribution < 1.29 is 9.59 Å². The molecule has 2 atom stereocenters. The molecule has 1 aliphatic carbocycles. The lowest BCUT2D eigenvalue weighted by Crippen LogP contribution is -2.36. The summed E-state index contributed by atoms with van der Waals surface area (Å²) in [4.78, 5) is 26.2. The normalized spacial score (nSPS) is 18.5. The van der Waals surface area contributed by atoms with E-state index in [-0.39, 0.29) is 23.3 Å². The number of H-pyrrole nitrogens is 1. The van der Waals surface area contributed by atoms with Gasteiger partial charge in [-0.15, -0.1) is 0 Å². The monoisotopic (exact) mass is 402 g/mol. The highest BCUT2D eigenvalue weighted by Gasteiger charge is 2.36. The van der Waals surface area contributed by atoms with Gasteiger partial charge in [0.15, 0.2) is 11.5 Å². The molecular weight excluding hydrogens is 380 g/mol. The van der Waals surface area contributed by atoms with E-state index in [2.05, 4.69) is 20.6 Å². The third kappa shape index (κ3) is 3.74. The predicted molar refractivity (Wildman–Crippen MR) is 110 cm³/mol. The van der Waals surface area contributed by atoms with E-state index >= 15 is 0 Å². The predicted octanol–water partition coefficient (Wildman–Crippen LogP) is 3.31. The van der Waals surface area contributed by atoms with Gasteiger partial charge in [0.2, 0.25) is 5.91 Å². The van der Waals surface area contributed by atoms with E-state index in [1.54, 1.807) is 25.4 Å². The Bertz CT molecular complexity index is 1090. The van der Waals surface area contributed by atoms with Crippen LogP contribution in [0.15, 0.2) is 42.7 Å². The Balaban J connectivity index is 1.52. The van der Waals surface area contributed by atoms with Crippen molar-refractivity contribution in [2.75, 3.05) is 5.32 Å². The molecule has 2 aromatic heterocycles. The third-order valence-electron chi connectivity index (χ3n) is 5.72. The summed E-state index contributed by atoms with van der Waals surface area (Å²) in [6.07, 6.45) is 6.29. The van der Waals surface area contributed by atoms with Crippen LogP contribution >= 0.6 is 0 Å². The first kappa shape index (κ1) is 19.6. The van der Waals surface area contributed by atoms with E-state index in [4.69, 9.17) is 0 Å². The summed E-state index contributed by atoms with van der Waals surface area (Å²) in [5, 5.41) is 22.9. The zero-order chi connectivity index (χ0) is 21.1. The van der Waals surface area contributed by atoms with Crippen molar-refractivity contribution >= 4 is 17.4 Å². The molecule has 30 heavy (non-hydrogen) atoms. The number of carbonyl (C=O) groups is 2. The molecular formula is C22H22N6O2. The molecule has 152 valence electrons. The average molecular weight is 402 g/mol. The van der Waals surface area contributed by atoms with Gasteiger partial charge < -0.3 is 5.32 Å². The minimum atomic E-state index is -0.426. The van der Waals surface area contributed by atoms with Crippen LogP contribution in [0.2, 0.25) is 0 Å². The molecule has 1 saturated carbocycles. The summed E-state index contributed by atoms with van der Waals surface area (Å²) in [6, 6.07) is 11.3. The standard InChI is InChI=1S/C22H22N6O2/c1-28-20(12-23)19(13-25-28)26-22(30)17-5-3-2-4-16(17)21(29)15-8-6-14(7-9-15)18-10-11-24-27-18/h6-11,13,16-17H,2-5H2,1H3,(H,24,27)(H,26,30)/t16-,17-/m0/s1. The molecule has 1 aliphatic rings. The molecule has 3 aromatic rings. The highest BCUT2D eigenvalue weighted by atomic mass is 16.2. The number of rotatable bonds is 5. The largest absolute Gasteiger partial charge is 0.322 e. The summed E-state index contributed by atoms with van der Waals surface area (Å²) >= 11 is 0. The number of aromatic nitrogens is 4. The first-order chi connectivity index (χ1) is 14.6. The van der Waals surface area contributed by atoms with E-state index < -0.39 is 5.92 Å². The maximum atomic E-state index is 13.2. The maximum absolute atomic E-state index is 13.2. The van der Waals surface area contributed by atoms with Crippen molar-refractivity contribution in [3.05, 3.63) is 54.0 Å². The summed E-state index contributed by atoms with van der Waals surface area (Å²) in [5.74, 6) is -1.05. The molecule has 0 aliphatic heterocycles. The van der Waals surface area contributed by atoms with Crippen LogP contribution in [-0.4, -0.2) is 31.7 Å². The topological polar surface area (TPSA) is 116 Å². The minimum Gasteiger partial charge on any atom is -0.322 e. The van der Waals surface area contributed by atoms with Gasteiger partial charge in [-0.05, 0) is 24.5 Å². The van der Waals surface area contributed by atoms with Crippen LogP contribution in [0.1, 0.15) is 41.7 Å². The SMILES string of the molecule is Cn1ncc(NC(=O)[C@H]2CCCC[C@@H]2C(=O)c2ccc(-c3ccn[nH]3)cc2)c1C#N. The lowest BCUT2D eigenvalue weighted by molar-refractivity contribution is -0.122. The number of ketones is 1. The van der Waals surface area contributed by atoms with Crippen molar-refractivity contribution in [1.29, 1.82) is 5.26 Å². The molecule has 4 rings (SSSR count). The van der Waals surface area contributed by atoms with Gasteiger partial charge in [0.25, 0.3) is 0 Å². The molecule has 0 bridgehead atoms. The van der Waals surface area contributed by atoms with E-state index in [0.717, 1.165) is 24.1 Å². The fourth-order valence-corrected chi connectivity index (χ4v) is 4.09. The molecule has 2 N–H and O–H groups in total. The quantitative estimate of drug-likeness (QED) is 0.635. The number of Topliss-reactive ketones (excluding diaryl/α,β-unsaturated/α-hetero) is 1. The van der Waals surface area contributed by atoms with Gasteiger partial charge in [0, 0.05) is 30.6 Å². The number of hydrogen-bond acceptors (Lipinski definition) is 5. The van der Waals surface area contributed by atoms with E-state index in [1.165, 1.54) is 10.9 Å². The number of aromatic amines is 1. The Labute approximate surface area is 173 Å². The van der Waals surface area contributed by atoms with Gasteiger partial charge in [-0.2, -0.15) is 15.5 Å². The lowest BCUT2D eigenvalue weighted by atomic mass is 9.75. The van der Waals surface area contributed by atoms with Crippen LogP contribution in [0.5, 0.6) is 0 Å². The Hall–Kier alpha value is -3.73. The first-order valence-electron chi connectivity index (χ1n) is 9.95. The Kier molecular flexibility index (Phi) is 5.44. The number of nitrogens with one attached hydrogen (secondary N) is 2. The Morgan fingerprint density at radius 2 is 1.90 bits per heavy atom. The molecule has 0 radical (unpaired) electrons. The fraction of sp³-hybridized carbons (Fsp3) is 0.318. The number of amides is 1. The molecule has 1 aromatic carbocycles. The smallest absolute Gasteiger partial charge is 0.228 e. The van der Waals surface area contributed by atoms with E-state index in [0.29, 0.717) is 24.1 Å². The Morgan fingerprint density at radius 1 is 1.17 bits per heavy atom. The van der Waals surface area contributed by atoms with Crippen LogP contribution in [-0.2, 0) is 11.8 Å². The molecule has 0 saturated heterocycles. The van der Waals surface area contributed by atoms with Crippen molar-refractivity contribution in [1.82, 2.24) is 20.0 Å². The van der Waals surface area contributed by atoms with Gasteiger partial charge in [-0.25, -0.2) is 0 Å². The lowest BCUT2D eigenvalue weighted by Gasteiger charge is -2.29. The second kappa shape index (κ2) is 8.33. The number of carbonyl (C=O) groups excluding carboxylic acids is 2. The van der Waals surface area contributed by atoms with Crippen molar-refractivity contribution in [2.45, 2.75) is 25.7 Å². The van der Waals surface area contributed by atoms with Crippen molar-refractivity contribution in [3.8, 4) is 17.3 Å². The highest BCUT2D eigenvalue weighted by Crippen LogP contribution is 2.34. The molecule has 8 nitrogen and oxygen atoms in total. The number of nitriles is 1. The fourth-order valence-electron chi connectivity index (χ4n) is 4.09. The van der Waals surface area contributed by atoms with Crippen LogP contribution in [0.25, 0.3) is 11.3 Å². The number of anilines is 1. The summed E-state index contributed by atoms with van der Waals surface area (Å²) < 4.78 is 1.42. The van der Waals surface area contributed by atoms with Gasteiger partial charge in [-0.3, -0.25) is 19.4 Å².